The largest absolute Gasteiger partial charge is 0.743 e. The minimum atomic E-state index is -1.22. The number of nitrogens with zero attached hydrogens (tertiary/aromatic N) is 6. The number of fused-ring (bicyclic) bond motifs is 5. The highest BCUT2D eigenvalue weighted by Gasteiger charge is 2.46. The van der Waals surface area contributed by atoms with E-state index in [4.69, 9.17) is 42.5 Å². The molecule has 0 saturated carbocycles. The fraction of sp³-hybridized carbons (Fsp3) is 0.351. The lowest BCUT2D eigenvalue weighted by Crippen LogP contribution is -2.44. The molecule has 10 aromatic rings. The molecule has 0 fully saturated rings. The predicted molar refractivity (Wildman–Crippen MR) is 361 cm³/mol. The third-order valence-electron chi connectivity index (χ3n) is 18.0. The van der Waals surface area contributed by atoms with Gasteiger partial charge in [0.15, 0.2) is 5.58 Å². The van der Waals surface area contributed by atoms with Gasteiger partial charge in [-0.2, -0.15) is 10.5 Å². The summed E-state index contributed by atoms with van der Waals surface area (Å²) in [5.41, 5.74) is 4.55. The van der Waals surface area contributed by atoms with Crippen LogP contribution in [0.1, 0.15) is 143 Å². The van der Waals surface area contributed by atoms with Crippen LogP contribution in [-0.4, -0.2) is 46.6 Å². The Labute approximate surface area is 532 Å². The molecule has 0 spiro atoms. The number of para-hydroxylation sites is 7. The summed E-state index contributed by atoms with van der Waals surface area (Å²) in [6.45, 7) is 17.1. The fourth-order valence-corrected chi connectivity index (χ4v) is 13.7. The number of benzene rings is 6. The van der Waals surface area contributed by atoms with Crippen molar-refractivity contribution >= 4 is 69.1 Å². The van der Waals surface area contributed by atoms with E-state index in [0.29, 0.717) is 114 Å². The van der Waals surface area contributed by atoms with Crippen molar-refractivity contribution in [1.82, 2.24) is 18.9 Å². The van der Waals surface area contributed by atoms with E-state index in [0.717, 1.165) is 23.1 Å². The second-order valence-corrected chi connectivity index (χ2v) is 26.2. The zero-order chi connectivity index (χ0) is 62.3. The third kappa shape index (κ3) is 12.8. The summed E-state index contributed by atoms with van der Waals surface area (Å²) in [6, 6.07) is 51.7. The van der Waals surface area contributed by atoms with Crippen LogP contribution < -0.4 is 38.8 Å². The van der Waals surface area contributed by atoms with Crippen molar-refractivity contribution in [2.75, 3.05) is 13.2 Å². The van der Waals surface area contributed by atoms with Gasteiger partial charge in [-0.25, -0.2) is 9.97 Å². The minimum absolute atomic E-state index is 0.0226. The normalized spacial score (nSPS) is 14.5. The maximum atomic E-state index is 12.2. The van der Waals surface area contributed by atoms with E-state index in [2.05, 4.69) is 60.6 Å². The van der Waals surface area contributed by atoms with Crippen molar-refractivity contribution in [2.24, 2.45) is 23.2 Å². The summed E-state index contributed by atoms with van der Waals surface area (Å²) in [5.74, 6) is 4.45. The Balaban J connectivity index is 1.15. The Morgan fingerprint density at radius 3 is 1.63 bits per heavy atom. The van der Waals surface area contributed by atoms with Gasteiger partial charge in [0.2, 0.25) is 5.89 Å². The van der Waals surface area contributed by atoms with E-state index in [1.54, 1.807) is 0 Å². The molecule has 6 aromatic carbocycles. The first kappa shape index (κ1) is 61.4. The molecule has 90 heavy (non-hydrogen) atoms. The van der Waals surface area contributed by atoms with E-state index in [1.807, 2.05) is 155 Å². The summed E-state index contributed by atoms with van der Waals surface area (Å²) in [5, 5.41) is 26.5. The van der Waals surface area contributed by atoms with Gasteiger partial charge in [-0.3, -0.25) is 0 Å². The topological polar surface area (TPSA) is 152 Å². The van der Waals surface area contributed by atoms with Crippen LogP contribution in [0.2, 0.25) is 0 Å². The Bertz CT molecular complexity index is 4210. The lowest BCUT2D eigenvalue weighted by atomic mass is 9.76. The molecule has 0 radical (unpaired) electrons. The van der Waals surface area contributed by atoms with Crippen molar-refractivity contribution in [3.8, 4) is 69.2 Å². The Morgan fingerprint density at radius 2 is 1.08 bits per heavy atom. The molecule has 12 rings (SSSR count). The number of aromatic nitrogens is 4. The molecule has 16 heteroatoms. The number of nitriles is 2. The van der Waals surface area contributed by atoms with Gasteiger partial charge in [-0.05, 0) is 109 Å². The summed E-state index contributed by atoms with van der Waals surface area (Å²) >= 11 is 1.42. The van der Waals surface area contributed by atoms with E-state index in [1.165, 1.54) is 82.0 Å². The molecule has 0 aliphatic carbocycles. The smallest absolute Gasteiger partial charge is 0.503 e. The van der Waals surface area contributed by atoms with Gasteiger partial charge in [-0.15, -0.1) is 11.3 Å². The molecule has 0 bridgehead atoms. The van der Waals surface area contributed by atoms with Crippen LogP contribution in [0.3, 0.4) is 0 Å². The van der Waals surface area contributed by atoms with Crippen molar-refractivity contribution < 1.29 is 32.5 Å². The molecule has 13 nitrogen and oxygen atoms in total. The summed E-state index contributed by atoms with van der Waals surface area (Å²) in [7, 11) is -2.43. The van der Waals surface area contributed by atoms with E-state index in [9.17, 15) is 10.5 Å². The number of ether oxygens (including phenoxy) is 2. The van der Waals surface area contributed by atoms with Gasteiger partial charge in [0.05, 0.1) is 45.5 Å². The van der Waals surface area contributed by atoms with Gasteiger partial charge in [0, 0.05) is 21.9 Å². The van der Waals surface area contributed by atoms with Crippen molar-refractivity contribution in [3.63, 3.8) is 0 Å². The van der Waals surface area contributed by atoms with Crippen LogP contribution >= 0.6 is 11.3 Å². The molecule has 4 aromatic heterocycles. The van der Waals surface area contributed by atoms with E-state index < -0.39 is 14.5 Å². The van der Waals surface area contributed by atoms with Crippen LogP contribution in [-0.2, 0) is 0 Å². The van der Waals surface area contributed by atoms with Crippen molar-refractivity contribution in [3.05, 3.63) is 167 Å². The highest BCUT2D eigenvalue weighted by atomic mass is 32.1. The van der Waals surface area contributed by atoms with Crippen LogP contribution in [0.4, 0.5) is 0 Å². The number of hydrogen-bond donors (Lipinski definition) is 0. The molecular weight excluding hydrogens is 1140 g/mol. The molecule has 0 saturated heterocycles. The average Bonchev–Trinajstić information content (AvgIpc) is 1.52. The first-order valence-corrected chi connectivity index (χ1v) is 33.2. The lowest BCUT2D eigenvalue weighted by molar-refractivity contribution is 0.133. The zero-order valence-electron chi connectivity index (χ0n) is 52.8. The van der Waals surface area contributed by atoms with Crippen LogP contribution in [0.5, 0.6) is 34.5 Å². The predicted octanol–water partition coefficient (Wildman–Crippen LogP) is 17.4. The molecule has 2 aliphatic heterocycles. The van der Waals surface area contributed by atoms with Gasteiger partial charge in [-0.1, -0.05) is 192 Å². The zero-order valence-corrected chi connectivity index (χ0v) is 53.6. The van der Waals surface area contributed by atoms with Crippen LogP contribution in [0, 0.1) is 45.8 Å². The van der Waals surface area contributed by atoms with Crippen LogP contribution in [0.25, 0.3) is 65.7 Å². The molecule has 0 N–H and O–H groups in total. The fourth-order valence-electron chi connectivity index (χ4n) is 12.8. The molecule has 3 unspecified atom stereocenters. The SMILES string of the molecule is CCCCCCCC(C)CC(C)COc1cccc(-c2c3/c(=C(/C#N)c4nc5ccccc5s4)n(B4Oc5ccccc5O4)c(-c4cccc(OCC(C)C(C)(C)CCCCCCC)c4)c3/c(=C(/C#N)c3nc4ccccc4o3)n2B2Oc3ccccc3O2)c1. The standard InChI is InChI=1S/C74H78B2N6O7S/c1-8-10-12-14-16-28-49(3)42-50(4)47-83-54-31-26-29-52(43-54)69-67-66(70(81(69)75-86-61-36-20-21-37-62(61)87-75)56(45-77)72-79-58-33-17-19-35-60(58)85-72)68(53-30-27-32-55(44-53)84-48-51(5)74(6,7)41-25-15-13-11-9-2)82(76-88-63-38-22-23-39-64(63)89-76)71(67)57(46-78)73-80-59-34-18-24-40-65(59)90-73/h17-24,26-27,29-40,43-44,49-51H,8-16,25,28,41-42,47-48H2,1-7H3/b70-56+,71-57+. The summed E-state index contributed by atoms with van der Waals surface area (Å²) < 4.78 is 53.1. The Morgan fingerprint density at radius 1 is 0.567 bits per heavy atom. The molecule has 6 heterocycles. The molecule has 2 aliphatic rings. The van der Waals surface area contributed by atoms with Gasteiger partial charge < -0.3 is 41.5 Å². The third-order valence-corrected chi connectivity index (χ3v) is 19.1. The maximum absolute atomic E-state index is 12.2. The molecular formula is C74H78B2N6O7S. The van der Waals surface area contributed by atoms with Crippen molar-refractivity contribution in [2.45, 2.75) is 132 Å². The number of hydrogen-bond acceptors (Lipinski definition) is 12. The minimum Gasteiger partial charge on any atom is -0.503 e. The summed E-state index contributed by atoms with van der Waals surface area (Å²) in [4.78, 5) is 10.3. The number of thiazole rings is 1. The summed E-state index contributed by atoms with van der Waals surface area (Å²) in [6.07, 6.45) is 15.8. The number of oxazole rings is 1. The number of rotatable bonds is 27. The first-order valence-electron chi connectivity index (χ1n) is 32.3. The van der Waals surface area contributed by atoms with Gasteiger partial charge in [0.1, 0.15) is 68.3 Å². The van der Waals surface area contributed by atoms with E-state index in [-0.39, 0.29) is 34.3 Å². The van der Waals surface area contributed by atoms with Crippen molar-refractivity contribution in [1.29, 1.82) is 10.5 Å². The quantitative estimate of drug-likeness (QED) is 0.0357. The highest BCUT2D eigenvalue weighted by Crippen LogP contribution is 2.43. The number of unbranched alkanes of at least 4 members (excludes halogenated alkanes) is 8. The highest BCUT2D eigenvalue weighted by molar-refractivity contribution is 7.19. The van der Waals surface area contributed by atoms with E-state index >= 15 is 0 Å². The van der Waals surface area contributed by atoms with Crippen LogP contribution in [0.15, 0.2) is 150 Å². The Kier molecular flexibility index (Phi) is 18.8. The Hall–Kier alpha value is -8.85. The second-order valence-electron chi connectivity index (χ2n) is 25.2. The molecule has 458 valence electrons. The maximum Gasteiger partial charge on any atom is 0.743 e. The average molecular weight is 1220 g/mol. The molecule has 3 atom stereocenters. The first-order chi connectivity index (χ1) is 43.9. The monoisotopic (exact) mass is 1220 g/mol. The lowest BCUT2D eigenvalue weighted by Gasteiger charge is -2.32. The van der Waals surface area contributed by atoms with Gasteiger partial charge in [0.25, 0.3) is 0 Å². The van der Waals surface area contributed by atoms with Gasteiger partial charge >= 0.3 is 14.5 Å². The second kappa shape index (κ2) is 27.5. The molecule has 0 amide bonds.